The topological polar surface area (TPSA) is 130 Å². The van der Waals surface area contributed by atoms with Crippen LogP contribution in [0.25, 0.3) is 0 Å². The molecular weight excluding hydrogens is 292 g/mol. The van der Waals surface area contributed by atoms with E-state index in [1.807, 2.05) is 0 Å². The molecule has 1 amide bonds. The lowest BCUT2D eigenvalue weighted by molar-refractivity contribution is -0.118. The van der Waals surface area contributed by atoms with Crippen molar-refractivity contribution in [1.82, 2.24) is 15.0 Å². The molecule has 2 rings (SSSR count). The minimum absolute atomic E-state index is 0.130. The second-order valence-corrected chi connectivity index (χ2v) is 4.28. The Morgan fingerprint density at radius 2 is 2.09 bits per heavy atom. The number of hydrogen-bond donors (Lipinski definition) is 2. The van der Waals surface area contributed by atoms with Gasteiger partial charge in [0, 0.05) is 6.07 Å². The fourth-order valence-corrected chi connectivity index (χ4v) is 1.76. The Bertz CT molecular complexity index is 697. The third-order valence-corrected chi connectivity index (χ3v) is 2.76. The van der Waals surface area contributed by atoms with Crippen LogP contribution in [0.5, 0.6) is 11.5 Å². The molecule has 0 radical (unpaired) electrons. The number of carboxylic acid groups (broad SMARTS) is 1. The molecule has 2 aromatic rings. The standard InChI is InChI=1S/C13H14N4O5/c1-21-8-3-2-4-9(5-8)22-7-10-12(13(19)20)15-16-17(10)6-11(14)18/h2-5H,6-7H2,1H3,(H2,14,18)(H,19,20). The number of nitrogens with two attached hydrogens (primary N) is 1. The van der Waals surface area contributed by atoms with Gasteiger partial charge in [-0.3, -0.25) is 4.79 Å². The number of aromatic nitrogens is 3. The summed E-state index contributed by atoms with van der Waals surface area (Å²) >= 11 is 0. The van der Waals surface area contributed by atoms with Gasteiger partial charge in [0.25, 0.3) is 0 Å². The maximum Gasteiger partial charge on any atom is 0.358 e. The van der Waals surface area contributed by atoms with E-state index in [0.717, 1.165) is 4.68 Å². The largest absolute Gasteiger partial charge is 0.497 e. The van der Waals surface area contributed by atoms with Gasteiger partial charge in [-0.25, -0.2) is 9.48 Å². The van der Waals surface area contributed by atoms with Gasteiger partial charge in [-0.1, -0.05) is 11.3 Å². The zero-order chi connectivity index (χ0) is 16.1. The predicted molar refractivity (Wildman–Crippen MR) is 73.5 cm³/mol. The number of amides is 1. The number of carbonyl (C=O) groups excluding carboxylic acids is 1. The van der Waals surface area contributed by atoms with E-state index in [1.165, 1.54) is 7.11 Å². The zero-order valence-electron chi connectivity index (χ0n) is 11.7. The minimum atomic E-state index is -1.26. The summed E-state index contributed by atoms with van der Waals surface area (Å²) < 4.78 is 11.7. The van der Waals surface area contributed by atoms with Crippen molar-refractivity contribution in [2.45, 2.75) is 13.2 Å². The molecule has 0 atom stereocenters. The molecule has 116 valence electrons. The van der Waals surface area contributed by atoms with Crippen LogP contribution in [0, 0.1) is 0 Å². The zero-order valence-corrected chi connectivity index (χ0v) is 11.7. The third kappa shape index (κ3) is 3.51. The quantitative estimate of drug-likeness (QED) is 0.739. The maximum atomic E-state index is 11.1. The van der Waals surface area contributed by atoms with Crippen LogP contribution < -0.4 is 15.2 Å². The summed E-state index contributed by atoms with van der Waals surface area (Å²) in [5.74, 6) is -0.855. The van der Waals surface area contributed by atoms with E-state index in [2.05, 4.69) is 10.3 Å². The van der Waals surface area contributed by atoms with Gasteiger partial charge >= 0.3 is 5.97 Å². The van der Waals surface area contributed by atoms with Crippen LogP contribution in [0.15, 0.2) is 24.3 Å². The number of nitrogens with zero attached hydrogens (tertiary/aromatic N) is 3. The summed E-state index contributed by atoms with van der Waals surface area (Å²) in [4.78, 5) is 22.1. The van der Waals surface area contributed by atoms with Crippen molar-refractivity contribution in [2.75, 3.05) is 7.11 Å². The average Bonchev–Trinajstić information content (AvgIpc) is 2.87. The summed E-state index contributed by atoms with van der Waals surface area (Å²) in [7, 11) is 1.52. The minimum Gasteiger partial charge on any atom is -0.497 e. The lowest BCUT2D eigenvalue weighted by atomic mass is 10.3. The molecule has 0 spiro atoms. The van der Waals surface area contributed by atoms with Gasteiger partial charge in [0.15, 0.2) is 5.69 Å². The molecule has 1 heterocycles. The van der Waals surface area contributed by atoms with E-state index in [0.29, 0.717) is 11.5 Å². The highest BCUT2D eigenvalue weighted by Crippen LogP contribution is 2.20. The molecule has 1 aromatic heterocycles. The summed E-state index contributed by atoms with van der Waals surface area (Å²) in [6.45, 7) is -0.411. The Kier molecular flexibility index (Phi) is 4.57. The van der Waals surface area contributed by atoms with E-state index in [-0.39, 0.29) is 24.5 Å². The molecular formula is C13H14N4O5. The number of carbonyl (C=O) groups is 2. The molecule has 9 heteroatoms. The van der Waals surface area contributed by atoms with E-state index in [1.54, 1.807) is 24.3 Å². The highest BCUT2D eigenvalue weighted by atomic mass is 16.5. The van der Waals surface area contributed by atoms with Crippen molar-refractivity contribution < 1.29 is 24.2 Å². The van der Waals surface area contributed by atoms with Gasteiger partial charge in [0.05, 0.1) is 7.11 Å². The lowest BCUT2D eigenvalue weighted by Crippen LogP contribution is -2.22. The van der Waals surface area contributed by atoms with Crippen molar-refractivity contribution in [2.24, 2.45) is 5.73 Å². The van der Waals surface area contributed by atoms with Crippen LogP contribution in [0.2, 0.25) is 0 Å². The number of benzene rings is 1. The van der Waals surface area contributed by atoms with Crippen LogP contribution in [-0.2, 0) is 17.9 Å². The number of aromatic carboxylic acids is 1. The molecule has 0 aliphatic heterocycles. The van der Waals surface area contributed by atoms with Gasteiger partial charge in [-0.05, 0) is 12.1 Å². The number of ether oxygens (including phenoxy) is 2. The highest BCUT2D eigenvalue weighted by molar-refractivity contribution is 5.86. The Hall–Kier alpha value is -3.10. The molecule has 0 saturated heterocycles. The van der Waals surface area contributed by atoms with Crippen LogP contribution in [0.3, 0.4) is 0 Å². The van der Waals surface area contributed by atoms with E-state index in [4.69, 9.17) is 20.3 Å². The van der Waals surface area contributed by atoms with E-state index < -0.39 is 11.9 Å². The first-order valence-corrected chi connectivity index (χ1v) is 6.22. The van der Waals surface area contributed by atoms with E-state index in [9.17, 15) is 9.59 Å². The van der Waals surface area contributed by atoms with Crippen molar-refractivity contribution in [3.8, 4) is 11.5 Å². The summed E-state index contributed by atoms with van der Waals surface area (Å²) in [6, 6.07) is 6.80. The van der Waals surface area contributed by atoms with Gasteiger partial charge < -0.3 is 20.3 Å². The first kappa shape index (κ1) is 15.3. The van der Waals surface area contributed by atoms with Crippen molar-refractivity contribution in [1.29, 1.82) is 0 Å². The number of methoxy groups -OCH3 is 1. The molecule has 0 aliphatic rings. The number of carboxylic acids is 1. The number of hydrogen-bond acceptors (Lipinski definition) is 6. The molecule has 0 saturated carbocycles. The van der Waals surface area contributed by atoms with Crippen molar-refractivity contribution >= 4 is 11.9 Å². The molecule has 22 heavy (non-hydrogen) atoms. The summed E-state index contributed by atoms with van der Waals surface area (Å²) in [6.07, 6.45) is 0. The first-order chi connectivity index (χ1) is 10.5. The molecule has 0 unspecified atom stereocenters. The van der Waals surface area contributed by atoms with Crippen LogP contribution in [0.4, 0.5) is 0 Å². The van der Waals surface area contributed by atoms with E-state index >= 15 is 0 Å². The normalized spacial score (nSPS) is 10.2. The van der Waals surface area contributed by atoms with Gasteiger partial charge in [-0.2, -0.15) is 0 Å². The summed E-state index contributed by atoms with van der Waals surface area (Å²) in [5, 5.41) is 16.2. The Balaban J connectivity index is 2.21. The fourth-order valence-electron chi connectivity index (χ4n) is 1.76. The Labute approximate surface area is 125 Å². The maximum absolute atomic E-state index is 11.1. The Morgan fingerprint density at radius 3 is 2.73 bits per heavy atom. The molecule has 3 N–H and O–H groups in total. The van der Waals surface area contributed by atoms with Gasteiger partial charge in [0.1, 0.15) is 30.3 Å². The SMILES string of the molecule is COc1cccc(OCc2c(C(=O)O)nnn2CC(N)=O)c1. The molecule has 0 aliphatic carbocycles. The van der Waals surface area contributed by atoms with Gasteiger partial charge in [-0.15, -0.1) is 5.10 Å². The molecule has 0 bridgehead atoms. The van der Waals surface area contributed by atoms with Crippen LogP contribution >= 0.6 is 0 Å². The predicted octanol–water partition coefficient (Wildman–Crippen LogP) is 0.0492. The van der Waals surface area contributed by atoms with Gasteiger partial charge in [0.2, 0.25) is 5.91 Å². The second kappa shape index (κ2) is 6.57. The average molecular weight is 306 g/mol. The molecule has 0 fully saturated rings. The van der Waals surface area contributed by atoms with Crippen LogP contribution in [-0.4, -0.2) is 39.1 Å². The smallest absolute Gasteiger partial charge is 0.358 e. The Morgan fingerprint density at radius 1 is 1.36 bits per heavy atom. The monoisotopic (exact) mass is 306 g/mol. The fraction of sp³-hybridized carbons (Fsp3) is 0.231. The number of rotatable bonds is 7. The van der Waals surface area contributed by atoms with Crippen molar-refractivity contribution in [3.05, 3.63) is 35.7 Å². The van der Waals surface area contributed by atoms with Crippen molar-refractivity contribution in [3.63, 3.8) is 0 Å². The highest BCUT2D eigenvalue weighted by Gasteiger charge is 2.20. The second-order valence-electron chi connectivity index (χ2n) is 4.28. The third-order valence-electron chi connectivity index (χ3n) is 2.76. The number of primary amides is 1. The van der Waals surface area contributed by atoms with Crippen LogP contribution in [0.1, 0.15) is 16.2 Å². The molecule has 1 aromatic carbocycles. The first-order valence-electron chi connectivity index (χ1n) is 6.22. The summed E-state index contributed by atoms with van der Waals surface area (Å²) in [5.41, 5.74) is 4.95. The molecule has 9 nitrogen and oxygen atoms in total. The lowest BCUT2D eigenvalue weighted by Gasteiger charge is -2.09.